The maximum atomic E-state index is 11.6. The van der Waals surface area contributed by atoms with Gasteiger partial charge in [0.05, 0.1) is 13.2 Å². The van der Waals surface area contributed by atoms with Crippen LogP contribution < -0.4 is 0 Å². The fourth-order valence-corrected chi connectivity index (χ4v) is 3.27. The molecule has 1 aromatic rings. The monoisotopic (exact) mass is 268 g/mol. The maximum absolute atomic E-state index is 11.6. The van der Waals surface area contributed by atoms with Crippen LogP contribution in [0.4, 0.5) is 0 Å². The zero-order valence-corrected chi connectivity index (χ0v) is 11.1. The molecule has 0 radical (unpaired) electrons. The summed E-state index contributed by atoms with van der Waals surface area (Å²) in [7, 11) is 0. The molecule has 0 bridgehead atoms. The van der Waals surface area contributed by atoms with Crippen LogP contribution in [-0.4, -0.2) is 48.2 Å². The van der Waals surface area contributed by atoms with E-state index < -0.39 is 0 Å². The average Bonchev–Trinajstić information content (AvgIpc) is 2.98. The van der Waals surface area contributed by atoms with E-state index >= 15 is 0 Å². The normalized spacial score (nSPS) is 29.5. The lowest BCUT2D eigenvalue weighted by molar-refractivity contribution is -0.144. The van der Waals surface area contributed by atoms with E-state index in [9.17, 15) is 4.79 Å². The van der Waals surface area contributed by atoms with E-state index in [2.05, 4.69) is 9.88 Å². The van der Waals surface area contributed by atoms with Crippen molar-refractivity contribution in [3.63, 3.8) is 0 Å². The second kappa shape index (κ2) is 4.95. The smallest absolute Gasteiger partial charge is 0.323 e. The minimum absolute atomic E-state index is 0.00847. The molecule has 2 aliphatic rings. The van der Waals surface area contributed by atoms with E-state index in [0.29, 0.717) is 13.2 Å². The molecule has 18 heavy (non-hydrogen) atoms. The van der Waals surface area contributed by atoms with Gasteiger partial charge in [-0.2, -0.15) is 0 Å². The number of carbonyl (C=O) groups is 1. The Balaban J connectivity index is 1.70. The quantitative estimate of drug-likeness (QED) is 0.753. The molecule has 0 saturated carbocycles. The third kappa shape index (κ3) is 2.28. The number of thiazole rings is 1. The van der Waals surface area contributed by atoms with Gasteiger partial charge in [0.15, 0.2) is 0 Å². The maximum Gasteiger partial charge on any atom is 0.323 e. The lowest BCUT2D eigenvalue weighted by Crippen LogP contribution is -2.46. The van der Waals surface area contributed by atoms with Gasteiger partial charge in [0.1, 0.15) is 17.2 Å². The first kappa shape index (κ1) is 12.1. The molecule has 0 amide bonds. The number of morpholine rings is 1. The lowest BCUT2D eigenvalue weighted by atomic mass is 10.1. The van der Waals surface area contributed by atoms with E-state index in [0.717, 1.165) is 30.2 Å². The molecule has 0 spiro atoms. The van der Waals surface area contributed by atoms with Crippen LogP contribution in [0.15, 0.2) is 5.38 Å². The molecule has 1 aromatic heterocycles. The minimum atomic E-state index is -0.0917. The summed E-state index contributed by atoms with van der Waals surface area (Å²) in [6.07, 6.45) is 0.786. The number of aryl methyl sites for hydroxylation is 1. The van der Waals surface area contributed by atoms with Crippen molar-refractivity contribution in [3.05, 3.63) is 16.1 Å². The Kier molecular flexibility index (Phi) is 3.32. The van der Waals surface area contributed by atoms with Crippen molar-refractivity contribution < 1.29 is 14.3 Å². The zero-order valence-electron chi connectivity index (χ0n) is 10.3. The van der Waals surface area contributed by atoms with Crippen LogP contribution in [-0.2, 0) is 14.3 Å². The van der Waals surface area contributed by atoms with E-state index in [4.69, 9.17) is 9.47 Å². The van der Waals surface area contributed by atoms with Crippen molar-refractivity contribution in [2.24, 2.45) is 0 Å². The number of ether oxygens (including phenoxy) is 2. The van der Waals surface area contributed by atoms with Crippen LogP contribution in [0.2, 0.25) is 0 Å². The Bertz CT molecular complexity index is 448. The molecule has 2 fully saturated rings. The van der Waals surface area contributed by atoms with Crippen molar-refractivity contribution >= 4 is 17.3 Å². The zero-order chi connectivity index (χ0) is 12.5. The SMILES string of the molecule is Cc1csc([C@H]2CN([C@H]3CCOC3=O)CCO2)n1. The number of esters is 1. The number of hydrogen-bond acceptors (Lipinski definition) is 6. The van der Waals surface area contributed by atoms with Gasteiger partial charge < -0.3 is 9.47 Å². The van der Waals surface area contributed by atoms with Crippen LogP contribution in [0.1, 0.15) is 23.2 Å². The number of rotatable bonds is 2. The molecular weight excluding hydrogens is 252 g/mol. The number of hydrogen-bond donors (Lipinski definition) is 0. The van der Waals surface area contributed by atoms with Gasteiger partial charge in [-0.05, 0) is 6.92 Å². The summed E-state index contributed by atoms with van der Waals surface area (Å²) < 4.78 is 10.8. The predicted octanol–water partition coefficient (Wildman–Crippen LogP) is 1.14. The highest BCUT2D eigenvalue weighted by Crippen LogP contribution is 2.27. The molecule has 0 unspecified atom stereocenters. The Hall–Kier alpha value is -0.980. The van der Waals surface area contributed by atoms with Gasteiger partial charge in [0.2, 0.25) is 0 Å². The van der Waals surface area contributed by atoms with E-state index in [1.54, 1.807) is 11.3 Å². The summed E-state index contributed by atoms with van der Waals surface area (Å²) in [6.45, 7) is 4.69. The van der Waals surface area contributed by atoms with Gasteiger partial charge in [-0.1, -0.05) is 0 Å². The van der Waals surface area contributed by atoms with E-state index in [1.807, 2.05) is 12.3 Å². The Morgan fingerprint density at radius 2 is 2.39 bits per heavy atom. The molecule has 98 valence electrons. The lowest BCUT2D eigenvalue weighted by Gasteiger charge is -2.34. The summed E-state index contributed by atoms with van der Waals surface area (Å²) in [5.41, 5.74) is 1.02. The molecule has 2 aliphatic heterocycles. The van der Waals surface area contributed by atoms with Gasteiger partial charge in [-0.3, -0.25) is 9.69 Å². The third-order valence-corrected chi connectivity index (χ3v) is 4.41. The third-order valence-electron chi connectivity index (χ3n) is 3.36. The van der Waals surface area contributed by atoms with Crippen molar-refractivity contribution in [1.82, 2.24) is 9.88 Å². The molecule has 5 nitrogen and oxygen atoms in total. The highest BCUT2D eigenvalue weighted by Gasteiger charge is 2.36. The van der Waals surface area contributed by atoms with Gasteiger partial charge in [-0.25, -0.2) is 4.98 Å². The number of carbonyl (C=O) groups excluding carboxylic acids is 1. The van der Waals surface area contributed by atoms with Crippen LogP contribution in [0.3, 0.4) is 0 Å². The van der Waals surface area contributed by atoms with Crippen LogP contribution in [0, 0.1) is 6.92 Å². The highest BCUT2D eigenvalue weighted by molar-refractivity contribution is 7.09. The standard InChI is InChI=1S/C12H16N2O3S/c1-8-7-18-11(13-8)10-6-14(3-5-16-10)9-2-4-17-12(9)15/h7,9-10H,2-6H2,1H3/t9-,10+/m0/s1. The van der Waals surface area contributed by atoms with Crippen LogP contribution in [0.25, 0.3) is 0 Å². The molecule has 2 saturated heterocycles. The van der Waals surface area contributed by atoms with Gasteiger partial charge in [0.25, 0.3) is 0 Å². The molecule has 0 N–H and O–H groups in total. The molecule has 2 atom stereocenters. The van der Waals surface area contributed by atoms with E-state index in [1.165, 1.54) is 0 Å². The second-order valence-electron chi connectivity index (χ2n) is 4.65. The number of nitrogens with zero attached hydrogens (tertiary/aromatic N) is 2. The molecule has 3 heterocycles. The average molecular weight is 268 g/mol. The number of aromatic nitrogens is 1. The Morgan fingerprint density at radius 1 is 1.50 bits per heavy atom. The summed E-state index contributed by atoms with van der Waals surface area (Å²) in [4.78, 5) is 18.2. The topological polar surface area (TPSA) is 51.7 Å². The molecular formula is C12H16N2O3S. The first-order valence-corrected chi connectivity index (χ1v) is 7.06. The van der Waals surface area contributed by atoms with Gasteiger partial charge >= 0.3 is 5.97 Å². The van der Waals surface area contributed by atoms with Crippen LogP contribution >= 0.6 is 11.3 Å². The van der Waals surface area contributed by atoms with Crippen molar-refractivity contribution in [2.75, 3.05) is 26.3 Å². The first-order valence-electron chi connectivity index (χ1n) is 6.18. The summed E-state index contributed by atoms with van der Waals surface area (Å²) in [6, 6.07) is -0.0857. The number of cyclic esters (lactones) is 1. The van der Waals surface area contributed by atoms with Gasteiger partial charge in [0, 0.05) is 30.6 Å². The predicted molar refractivity (Wildman–Crippen MR) is 66.5 cm³/mol. The van der Waals surface area contributed by atoms with E-state index in [-0.39, 0.29) is 18.1 Å². The summed E-state index contributed by atoms with van der Waals surface area (Å²) in [5, 5.41) is 3.03. The Morgan fingerprint density at radius 3 is 3.06 bits per heavy atom. The Labute approximate surface area is 110 Å². The van der Waals surface area contributed by atoms with Crippen molar-refractivity contribution in [2.45, 2.75) is 25.5 Å². The van der Waals surface area contributed by atoms with Crippen molar-refractivity contribution in [3.8, 4) is 0 Å². The fourth-order valence-electron chi connectivity index (χ4n) is 2.44. The molecule has 6 heteroatoms. The second-order valence-corrected chi connectivity index (χ2v) is 5.54. The highest BCUT2D eigenvalue weighted by atomic mass is 32.1. The molecule has 0 aromatic carbocycles. The van der Waals surface area contributed by atoms with Crippen LogP contribution in [0.5, 0.6) is 0 Å². The van der Waals surface area contributed by atoms with Crippen molar-refractivity contribution in [1.29, 1.82) is 0 Å². The largest absolute Gasteiger partial charge is 0.464 e. The van der Waals surface area contributed by atoms with Gasteiger partial charge in [-0.15, -0.1) is 11.3 Å². The summed E-state index contributed by atoms with van der Waals surface area (Å²) in [5.74, 6) is -0.0917. The fraction of sp³-hybridized carbons (Fsp3) is 0.667. The molecule has 0 aliphatic carbocycles. The minimum Gasteiger partial charge on any atom is -0.464 e. The summed E-state index contributed by atoms with van der Waals surface area (Å²) >= 11 is 1.62. The first-order chi connectivity index (χ1) is 8.74. The molecule has 3 rings (SSSR count).